The predicted octanol–water partition coefficient (Wildman–Crippen LogP) is 3.80. The molecule has 2 rings (SSSR count). The minimum absolute atomic E-state index is 0.149. The second-order valence-corrected chi connectivity index (χ2v) is 6.02. The second kappa shape index (κ2) is 5.82. The third kappa shape index (κ3) is 3.31. The van der Waals surface area contributed by atoms with Crippen LogP contribution in [0.4, 0.5) is 0 Å². The van der Waals surface area contributed by atoms with Crippen molar-refractivity contribution < 1.29 is 4.79 Å². The van der Waals surface area contributed by atoms with E-state index >= 15 is 0 Å². The highest BCUT2D eigenvalue weighted by Gasteiger charge is 2.10. The van der Waals surface area contributed by atoms with Crippen LogP contribution in [0.1, 0.15) is 21.1 Å². The topological polar surface area (TPSA) is 42.0 Å². The molecule has 3 nitrogen and oxygen atoms in total. The van der Waals surface area contributed by atoms with Gasteiger partial charge in [0.05, 0.1) is 22.8 Å². The molecule has 2 aromatic rings. The molecule has 18 heavy (non-hydrogen) atoms. The molecule has 0 saturated carbocycles. The molecule has 0 fully saturated rings. The lowest BCUT2D eigenvalue weighted by molar-refractivity contribution is 0.0949. The first-order valence-corrected chi connectivity index (χ1v) is 7.25. The van der Waals surface area contributed by atoms with E-state index < -0.39 is 0 Å². The Labute approximate surface area is 122 Å². The van der Waals surface area contributed by atoms with Crippen molar-refractivity contribution in [2.45, 2.75) is 13.5 Å². The molecule has 1 N–H and O–H groups in total. The van der Waals surface area contributed by atoms with Crippen LogP contribution in [0.25, 0.3) is 0 Å². The van der Waals surface area contributed by atoms with Crippen molar-refractivity contribution in [2.75, 3.05) is 0 Å². The van der Waals surface area contributed by atoms with Crippen molar-refractivity contribution in [1.82, 2.24) is 10.3 Å². The van der Waals surface area contributed by atoms with Gasteiger partial charge in [0.1, 0.15) is 0 Å². The number of nitrogens with one attached hydrogen (secondary N) is 1. The maximum atomic E-state index is 11.9. The Morgan fingerprint density at radius 3 is 2.94 bits per heavy atom. The lowest BCUT2D eigenvalue weighted by Gasteiger charge is -2.05. The zero-order valence-corrected chi connectivity index (χ0v) is 12.7. The summed E-state index contributed by atoms with van der Waals surface area (Å²) in [5.74, 6) is -0.149. The molecule has 94 valence electrons. The molecule has 0 bridgehead atoms. The minimum Gasteiger partial charge on any atom is -0.346 e. The Morgan fingerprint density at radius 1 is 1.56 bits per heavy atom. The predicted molar refractivity (Wildman–Crippen MR) is 77.2 cm³/mol. The molecular weight excluding hydrogens is 336 g/mol. The van der Waals surface area contributed by atoms with Gasteiger partial charge in [0.15, 0.2) is 0 Å². The van der Waals surface area contributed by atoms with E-state index in [1.165, 1.54) is 0 Å². The molecule has 1 heterocycles. The summed E-state index contributed by atoms with van der Waals surface area (Å²) in [4.78, 5) is 16.2. The van der Waals surface area contributed by atoms with Crippen LogP contribution >= 0.6 is 38.9 Å². The molecule has 0 spiro atoms. The lowest BCUT2D eigenvalue weighted by atomic mass is 10.2. The van der Waals surface area contributed by atoms with Gasteiger partial charge in [-0.25, -0.2) is 4.98 Å². The maximum absolute atomic E-state index is 11.9. The van der Waals surface area contributed by atoms with Crippen LogP contribution in [0.2, 0.25) is 5.02 Å². The molecule has 1 amide bonds. The van der Waals surface area contributed by atoms with Crippen LogP contribution in [0.3, 0.4) is 0 Å². The molecule has 1 aromatic heterocycles. The van der Waals surface area contributed by atoms with Gasteiger partial charge in [-0.1, -0.05) is 11.6 Å². The molecule has 0 aliphatic carbocycles. The van der Waals surface area contributed by atoms with Crippen LogP contribution in [0.5, 0.6) is 0 Å². The van der Waals surface area contributed by atoms with Gasteiger partial charge < -0.3 is 5.32 Å². The van der Waals surface area contributed by atoms with Crippen molar-refractivity contribution in [3.8, 4) is 0 Å². The fraction of sp³-hybridized carbons (Fsp3) is 0.167. The number of rotatable bonds is 3. The SMILES string of the molecule is Cc1nc(CNC(=O)c2ccc(Cl)cc2Br)cs1. The first kappa shape index (κ1) is 13.5. The van der Waals surface area contributed by atoms with Crippen LogP contribution in [0.15, 0.2) is 28.1 Å². The highest BCUT2D eigenvalue weighted by atomic mass is 79.9. The van der Waals surface area contributed by atoms with E-state index in [4.69, 9.17) is 11.6 Å². The van der Waals surface area contributed by atoms with Gasteiger partial charge in [-0.3, -0.25) is 4.79 Å². The number of hydrogen-bond acceptors (Lipinski definition) is 3. The smallest absolute Gasteiger partial charge is 0.252 e. The third-order valence-corrected chi connectivity index (χ3v) is 3.99. The van der Waals surface area contributed by atoms with Crippen molar-refractivity contribution in [1.29, 1.82) is 0 Å². The number of hydrogen-bond donors (Lipinski definition) is 1. The number of thiazole rings is 1. The molecule has 0 aliphatic heterocycles. The van der Waals surface area contributed by atoms with Gasteiger partial charge >= 0.3 is 0 Å². The molecule has 6 heteroatoms. The van der Waals surface area contributed by atoms with Crippen molar-refractivity contribution in [3.05, 3.63) is 49.3 Å². The van der Waals surface area contributed by atoms with Crippen LogP contribution in [-0.2, 0) is 6.54 Å². The van der Waals surface area contributed by atoms with Gasteiger partial charge in [-0.15, -0.1) is 11.3 Å². The number of carbonyl (C=O) groups is 1. The van der Waals surface area contributed by atoms with E-state index in [0.29, 0.717) is 21.6 Å². The fourth-order valence-electron chi connectivity index (χ4n) is 1.43. The standard InChI is InChI=1S/C12H10BrClN2OS/c1-7-16-9(6-18-7)5-15-12(17)10-3-2-8(14)4-11(10)13/h2-4,6H,5H2,1H3,(H,15,17). The number of amides is 1. The molecule has 1 aromatic carbocycles. The number of aromatic nitrogens is 1. The first-order valence-electron chi connectivity index (χ1n) is 5.20. The van der Waals surface area contributed by atoms with E-state index in [1.54, 1.807) is 29.5 Å². The number of benzene rings is 1. The Morgan fingerprint density at radius 2 is 2.33 bits per heavy atom. The van der Waals surface area contributed by atoms with Crippen LogP contribution in [-0.4, -0.2) is 10.9 Å². The van der Waals surface area contributed by atoms with Gasteiger partial charge in [0, 0.05) is 14.9 Å². The van der Waals surface area contributed by atoms with E-state index in [1.807, 2.05) is 12.3 Å². The lowest BCUT2D eigenvalue weighted by Crippen LogP contribution is -2.23. The third-order valence-electron chi connectivity index (χ3n) is 2.27. The zero-order valence-electron chi connectivity index (χ0n) is 9.54. The number of nitrogens with zero attached hydrogens (tertiary/aromatic N) is 1. The van der Waals surface area contributed by atoms with Crippen molar-refractivity contribution in [3.63, 3.8) is 0 Å². The Kier molecular flexibility index (Phi) is 4.37. The van der Waals surface area contributed by atoms with Crippen molar-refractivity contribution in [2.24, 2.45) is 0 Å². The highest BCUT2D eigenvalue weighted by Crippen LogP contribution is 2.21. The Hall–Kier alpha value is -0.910. The zero-order chi connectivity index (χ0) is 13.1. The second-order valence-electron chi connectivity index (χ2n) is 3.66. The summed E-state index contributed by atoms with van der Waals surface area (Å²) in [5, 5.41) is 6.34. The fourth-order valence-corrected chi connectivity index (χ4v) is 2.90. The Balaban J connectivity index is 2.03. The summed E-state index contributed by atoms with van der Waals surface area (Å²) in [6.07, 6.45) is 0. The molecule has 0 radical (unpaired) electrons. The van der Waals surface area contributed by atoms with Crippen LogP contribution < -0.4 is 5.32 Å². The summed E-state index contributed by atoms with van der Waals surface area (Å²) in [7, 11) is 0. The molecule has 0 saturated heterocycles. The number of halogens is 2. The van der Waals surface area contributed by atoms with Crippen molar-refractivity contribution >= 4 is 44.8 Å². The molecule has 0 aliphatic rings. The number of carbonyl (C=O) groups excluding carboxylic acids is 1. The molecule has 0 unspecified atom stereocenters. The summed E-state index contributed by atoms with van der Waals surface area (Å²) in [6.45, 7) is 2.37. The molecular formula is C12H10BrClN2OS. The summed E-state index contributed by atoms with van der Waals surface area (Å²) < 4.78 is 0.682. The Bertz CT molecular complexity index is 585. The van der Waals surface area contributed by atoms with Gasteiger partial charge in [0.25, 0.3) is 5.91 Å². The van der Waals surface area contributed by atoms with Crippen LogP contribution in [0, 0.1) is 6.92 Å². The summed E-state index contributed by atoms with van der Waals surface area (Å²) >= 11 is 10.7. The van der Waals surface area contributed by atoms with E-state index in [0.717, 1.165) is 10.7 Å². The largest absolute Gasteiger partial charge is 0.346 e. The summed E-state index contributed by atoms with van der Waals surface area (Å²) in [6, 6.07) is 5.08. The van der Waals surface area contributed by atoms with E-state index in [2.05, 4.69) is 26.2 Å². The monoisotopic (exact) mass is 344 g/mol. The van der Waals surface area contributed by atoms with Gasteiger partial charge in [-0.2, -0.15) is 0 Å². The maximum Gasteiger partial charge on any atom is 0.252 e. The van der Waals surface area contributed by atoms with E-state index in [9.17, 15) is 4.79 Å². The normalized spacial score (nSPS) is 10.4. The summed E-state index contributed by atoms with van der Waals surface area (Å²) in [5.41, 5.74) is 1.43. The highest BCUT2D eigenvalue weighted by molar-refractivity contribution is 9.10. The minimum atomic E-state index is -0.149. The first-order chi connectivity index (χ1) is 8.56. The quantitative estimate of drug-likeness (QED) is 0.919. The van der Waals surface area contributed by atoms with Gasteiger partial charge in [-0.05, 0) is 41.1 Å². The average molecular weight is 346 g/mol. The number of aryl methyl sites for hydroxylation is 1. The van der Waals surface area contributed by atoms with E-state index in [-0.39, 0.29) is 5.91 Å². The molecule has 0 atom stereocenters. The van der Waals surface area contributed by atoms with Gasteiger partial charge in [0.2, 0.25) is 0 Å². The average Bonchev–Trinajstić information content (AvgIpc) is 2.72.